The summed E-state index contributed by atoms with van der Waals surface area (Å²) in [6, 6.07) is 4.40. The maximum atomic E-state index is 13.1. The van der Waals surface area contributed by atoms with Gasteiger partial charge in [-0.1, -0.05) is 32.8 Å². The van der Waals surface area contributed by atoms with E-state index in [0.29, 0.717) is 5.56 Å². The Morgan fingerprint density at radius 3 is 2.50 bits per heavy atom. The zero-order valence-electron chi connectivity index (χ0n) is 11.2. The van der Waals surface area contributed by atoms with Crippen LogP contribution >= 0.6 is 0 Å². The van der Waals surface area contributed by atoms with Gasteiger partial charge < -0.3 is 5.11 Å². The highest BCUT2D eigenvalue weighted by molar-refractivity contribution is 5.85. The van der Waals surface area contributed by atoms with E-state index < -0.39 is 6.10 Å². The van der Waals surface area contributed by atoms with Gasteiger partial charge in [0.2, 0.25) is 0 Å². The molecule has 0 saturated heterocycles. The van der Waals surface area contributed by atoms with E-state index in [-0.39, 0.29) is 23.9 Å². The molecule has 0 saturated carbocycles. The number of halogens is 1. The first-order chi connectivity index (χ1) is 8.49. The molecule has 3 heteroatoms. The molecule has 0 amide bonds. The fourth-order valence-corrected chi connectivity index (χ4v) is 2.12. The summed E-state index contributed by atoms with van der Waals surface area (Å²) in [5.41, 5.74) is 1.53. The van der Waals surface area contributed by atoms with Crippen LogP contribution in [0.25, 0.3) is 0 Å². The van der Waals surface area contributed by atoms with E-state index >= 15 is 0 Å². The predicted octanol–water partition coefficient (Wildman–Crippen LogP) is 3.04. The summed E-state index contributed by atoms with van der Waals surface area (Å²) in [6.07, 6.45) is 0.695. The molecule has 1 aromatic rings. The maximum absolute atomic E-state index is 13.1. The van der Waals surface area contributed by atoms with Crippen molar-refractivity contribution in [2.24, 2.45) is 5.92 Å². The second-order valence-corrected chi connectivity index (χ2v) is 4.74. The van der Waals surface area contributed by atoms with Gasteiger partial charge in [0, 0.05) is 6.42 Å². The number of carbonyl (C=O) groups excluding carboxylic acids is 1. The first-order valence-corrected chi connectivity index (χ1v) is 6.45. The third-order valence-electron chi connectivity index (χ3n) is 3.50. The molecule has 0 aromatic heterocycles. The van der Waals surface area contributed by atoms with Crippen LogP contribution in [-0.4, -0.2) is 17.0 Å². The highest BCUT2D eigenvalue weighted by Crippen LogP contribution is 2.17. The molecule has 0 spiro atoms. The monoisotopic (exact) mass is 252 g/mol. The van der Waals surface area contributed by atoms with Crippen LogP contribution in [0.4, 0.5) is 4.39 Å². The molecule has 0 aliphatic rings. The molecule has 0 radical (unpaired) electrons. The van der Waals surface area contributed by atoms with Crippen LogP contribution in [0.2, 0.25) is 0 Å². The SMILES string of the molecule is CCC(CC)C(O)C(=O)Cc1cc(F)ccc1C. The van der Waals surface area contributed by atoms with Crippen molar-refractivity contribution < 1.29 is 14.3 Å². The number of rotatable bonds is 6. The highest BCUT2D eigenvalue weighted by atomic mass is 19.1. The Balaban J connectivity index is 2.78. The van der Waals surface area contributed by atoms with E-state index in [0.717, 1.165) is 18.4 Å². The van der Waals surface area contributed by atoms with Gasteiger partial charge in [0.1, 0.15) is 11.9 Å². The first-order valence-electron chi connectivity index (χ1n) is 6.45. The van der Waals surface area contributed by atoms with Gasteiger partial charge in [-0.3, -0.25) is 4.79 Å². The average Bonchev–Trinajstić information content (AvgIpc) is 2.35. The van der Waals surface area contributed by atoms with E-state index in [9.17, 15) is 14.3 Å². The number of benzene rings is 1. The van der Waals surface area contributed by atoms with Gasteiger partial charge in [0.05, 0.1) is 0 Å². The molecule has 1 N–H and O–H groups in total. The third kappa shape index (κ3) is 3.64. The van der Waals surface area contributed by atoms with E-state index in [1.165, 1.54) is 12.1 Å². The number of Topliss-reactive ketones (excluding diaryl/α,β-unsaturated/α-hetero) is 1. The molecule has 0 heterocycles. The van der Waals surface area contributed by atoms with Crippen LogP contribution in [0.1, 0.15) is 37.8 Å². The van der Waals surface area contributed by atoms with Crippen molar-refractivity contribution in [3.05, 3.63) is 35.1 Å². The molecule has 0 bridgehead atoms. The van der Waals surface area contributed by atoms with Crippen molar-refractivity contribution in [2.45, 2.75) is 46.1 Å². The van der Waals surface area contributed by atoms with Crippen LogP contribution < -0.4 is 0 Å². The lowest BCUT2D eigenvalue weighted by Crippen LogP contribution is -2.30. The molecule has 18 heavy (non-hydrogen) atoms. The Morgan fingerprint density at radius 2 is 1.94 bits per heavy atom. The minimum atomic E-state index is -0.942. The molecular weight excluding hydrogens is 231 g/mol. The molecule has 2 nitrogen and oxygen atoms in total. The van der Waals surface area contributed by atoms with Gasteiger partial charge >= 0.3 is 0 Å². The van der Waals surface area contributed by atoms with E-state index in [1.807, 2.05) is 20.8 Å². The lowest BCUT2D eigenvalue weighted by atomic mass is 9.90. The molecule has 1 rings (SSSR count). The summed E-state index contributed by atoms with van der Waals surface area (Å²) in [4.78, 5) is 12.0. The number of hydrogen-bond donors (Lipinski definition) is 1. The van der Waals surface area contributed by atoms with Gasteiger partial charge in [-0.05, 0) is 36.1 Å². The fraction of sp³-hybridized carbons (Fsp3) is 0.533. The summed E-state index contributed by atoms with van der Waals surface area (Å²) >= 11 is 0. The molecule has 0 fully saturated rings. The summed E-state index contributed by atoms with van der Waals surface area (Å²) in [7, 11) is 0. The molecule has 1 unspecified atom stereocenters. The van der Waals surface area contributed by atoms with Crippen molar-refractivity contribution in [3.8, 4) is 0 Å². The molecule has 0 aliphatic carbocycles. The summed E-state index contributed by atoms with van der Waals surface area (Å²) in [5.74, 6) is -0.579. The number of aliphatic hydroxyl groups is 1. The average molecular weight is 252 g/mol. The third-order valence-corrected chi connectivity index (χ3v) is 3.50. The maximum Gasteiger partial charge on any atom is 0.165 e. The van der Waals surface area contributed by atoms with Crippen LogP contribution in [0.15, 0.2) is 18.2 Å². The van der Waals surface area contributed by atoms with Crippen LogP contribution in [0, 0.1) is 18.7 Å². The number of ketones is 1. The normalized spacial score (nSPS) is 12.8. The van der Waals surface area contributed by atoms with Crippen LogP contribution in [0.5, 0.6) is 0 Å². The van der Waals surface area contributed by atoms with E-state index in [4.69, 9.17) is 0 Å². The second-order valence-electron chi connectivity index (χ2n) is 4.74. The van der Waals surface area contributed by atoms with Gasteiger partial charge in [0.15, 0.2) is 5.78 Å². The highest BCUT2D eigenvalue weighted by Gasteiger charge is 2.23. The molecule has 0 aliphatic heterocycles. The largest absolute Gasteiger partial charge is 0.385 e. The quantitative estimate of drug-likeness (QED) is 0.845. The van der Waals surface area contributed by atoms with Crippen molar-refractivity contribution in [1.29, 1.82) is 0 Å². The second kappa shape index (κ2) is 6.64. The lowest BCUT2D eigenvalue weighted by molar-refractivity contribution is -0.129. The lowest BCUT2D eigenvalue weighted by Gasteiger charge is -2.19. The van der Waals surface area contributed by atoms with Crippen molar-refractivity contribution in [1.82, 2.24) is 0 Å². The molecular formula is C15H21FO2. The molecule has 1 atom stereocenters. The zero-order valence-corrected chi connectivity index (χ0v) is 11.2. The summed E-state index contributed by atoms with van der Waals surface area (Å²) in [5, 5.41) is 9.96. The van der Waals surface area contributed by atoms with Gasteiger partial charge in [0.25, 0.3) is 0 Å². The minimum absolute atomic E-state index is 0.00800. The Morgan fingerprint density at radius 1 is 1.33 bits per heavy atom. The summed E-state index contributed by atoms with van der Waals surface area (Å²) in [6.45, 7) is 5.75. The van der Waals surface area contributed by atoms with E-state index in [1.54, 1.807) is 6.07 Å². The topological polar surface area (TPSA) is 37.3 Å². The predicted molar refractivity (Wildman–Crippen MR) is 69.9 cm³/mol. The Labute approximate surface area is 108 Å². The van der Waals surface area contributed by atoms with Gasteiger partial charge in [-0.2, -0.15) is 0 Å². The molecule has 100 valence electrons. The number of aryl methyl sites for hydroxylation is 1. The fourth-order valence-electron chi connectivity index (χ4n) is 2.12. The first kappa shape index (κ1) is 14.8. The number of aliphatic hydroxyl groups excluding tert-OH is 1. The van der Waals surface area contributed by atoms with Gasteiger partial charge in [-0.25, -0.2) is 4.39 Å². The Bertz CT molecular complexity index is 411. The van der Waals surface area contributed by atoms with Gasteiger partial charge in [-0.15, -0.1) is 0 Å². The Kier molecular flexibility index (Phi) is 5.48. The Hall–Kier alpha value is -1.22. The summed E-state index contributed by atoms with van der Waals surface area (Å²) < 4.78 is 13.1. The van der Waals surface area contributed by atoms with Crippen molar-refractivity contribution >= 4 is 5.78 Å². The van der Waals surface area contributed by atoms with Crippen LogP contribution in [-0.2, 0) is 11.2 Å². The van der Waals surface area contributed by atoms with Crippen LogP contribution in [0.3, 0.4) is 0 Å². The van der Waals surface area contributed by atoms with Crippen molar-refractivity contribution in [3.63, 3.8) is 0 Å². The van der Waals surface area contributed by atoms with E-state index in [2.05, 4.69) is 0 Å². The standard InChI is InChI=1S/C15H21FO2/c1-4-11(5-2)15(18)14(17)9-12-8-13(16)7-6-10(12)3/h6-8,11,15,18H,4-5,9H2,1-3H3. The van der Waals surface area contributed by atoms with Crippen molar-refractivity contribution in [2.75, 3.05) is 0 Å². The number of carbonyl (C=O) groups is 1. The smallest absolute Gasteiger partial charge is 0.165 e. The zero-order chi connectivity index (χ0) is 13.7. The number of hydrogen-bond acceptors (Lipinski definition) is 2. The molecule has 1 aromatic carbocycles. The minimum Gasteiger partial charge on any atom is -0.385 e.